The van der Waals surface area contributed by atoms with Crippen molar-refractivity contribution in [1.82, 2.24) is 9.97 Å². The third kappa shape index (κ3) is 3.52. The molecule has 20 heavy (non-hydrogen) atoms. The molecule has 0 unspecified atom stereocenters. The quantitative estimate of drug-likeness (QED) is 0.798. The lowest BCUT2D eigenvalue weighted by Gasteiger charge is -2.07. The van der Waals surface area contributed by atoms with Gasteiger partial charge in [0.2, 0.25) is 0 Å². The van der Waals surface area contributed by atoms with E-state index >= 15 is 0 Å². The van der Waals surface area contributed by atoms with Crippen LogP contribution in [0.15, 0.2) is 36.7 Å². The molecule has 0 saturated heterocycles. The van der Waals surface area contributed by atoms with E-state index in [1.165, 1.54) is 13.4 Å². The van der Waals surface area contributed by atoms with Gasteiger partial charge in [-0.1, -0.05) is 12.1 Å². The minimum Gasteiger partial charge on any atom is -0.465 e. The zero-order valence-electron chi connectivity index (χ0n) is 11.2. The Morgan fingerprint density at radius 3 is 2.95 bits per heavy atom. The highest BCUT2D eigenvalue weighted by Gasteiger charge is 2.05. The summed E-state index contributed by atoms with van der Waals surface area (Å²) in [6.45, 7) is 0.918. The fraction of sp³-hybridized carbons (Fsp3) is 0.214. The van der Waals surface area contributed by atoms with Gasteiger partial charge < -0.3 is 15.8 Å². The number of methoxy groups -OCH3 is 1. The number of esters is 1. The fourth-order valence-corrected chi connectivity index (χ4v) is 1.72. The van der Waals surface area contributed by atoms with Crippen LogP contribution in [0, 0.1) is 0 Å². The van der Waals surface area contributed by atoms with E-state index in [1.54, 1.807) is 18.2 Å². The van der Waals surface area contributed by atoms with E-state index in [2.05, 4.69) is 15.3 Å². The van der Waals surface area contributed by atoms with Crippen molar-refractivity contribution in [2.75, 3.05) is 12.4 Å². The summed E-state index contributed by atoms with van der Waals surface area (Å²) in [5.74, 6) is 0.350. The third-order valence-electron chi connectivity index (χ3n) is 2.75. The Morgan fingerprint density at radius 1 is 1.35 bits per heavy atom. The van der Waals surface area contributed by atoms with Gasteiger partial charge in [0.1, 0.15) is 12.1 Å². The van der Waals surface area contributed by atoms with Crippen molar-refractivity contribution >= 4 is 11.8 Å². The van der Waals surface area contributed by atoms with E-state index in [-0.39, 0.29) is 5.97 Å². The molecule has 3 N–H and O–H groups in total. The molecule has 0 aliphatic rings. The lowest BCUT2D eigenvalue weighted by molar-refractivity contribution is 0.0600. The molecule has 104 valence electrons. The maximum absolute atomic E-state index is 11.4. The average Bonchev–Trinajstić information content (AvgIpc) is 2.52. The molecule has 2 rings (SSSR count). The molecule has 1 aromatic carbocycles. The average molecular weight is 272 g/mol. The van der Waals surface area contributed by atoms with E-state index in [0.717, 1.165) is 11.3 Å². The van der Waals surface area contributed by atoms with Crippen LogP contribution >= 0.6 is 0 Å². The number of aromatic nitrogens is 2. The van der Waals surface area contributed by atoms with Gasteiger partial charge in [0.05, 0.1) is 18.4 Å². The summed E-state index contributed by atoms with van der Waals surface area (Å²) < 4.78 is 4.69. The molecule has 6 heteroatoms. The lowest BCUT2D eigenvalue weighted by atomic mass is 10.1. The van der Waals surface area contributed by atoms with Crippen LogP contribution in [0.3, 0.4) is 0 Å². The predicted molar refractivity (Wildman–Crippen MR) is 75.0 cm³/mol. The maximum Gasteiger partial charge on any atom is 0.337 e. The van der Waals surface area contributed by atoms with Gasteiger partial charge in [0.25, 0.3) is 0 Å². The summed E-state index contributed by atoms with van der Waals surface area (Å²) in [7, 11) is 1.36. The number of hydrogen-bond acceptors (Lipinski definition) is 6. The highest BCUT2D eigenvalue weighted by Crippen LogP contribution is 2.10. The molecule has 6 nitrogen and oxygen atoms in total. The molecular weight excluding hydrogens is 256 g/mol. The number of carbonyl (C=O) groups is 1. The summed E-state index contributed by atoms with van der Waals surface area (Å²) in [6, 6.07) is 9.03. The molecule has 0 bridgehead atoms. The summed E-state index contributed by atoms with van der Waals surface area (Å²) in [5.41, 5.74) is 7.78. The van der Waals surface area contributed by atoms with Crippen molar-refractivity contribution in [3.05, 3.63) is 53.5 Å². The van der Waals surface area contributed by atoms with Crippen molar-refractivity contribution in [2.24, 2.45) is 5.73 Å². The van der Waals surface area contributed by atoms with Crippen LogP contribution in [0.1, 0.15) is 21.6 Å². The van der Waals surface area contributed by atoms with Crippen molar-refractivity contribution in [3.8, 4) is 0 Å². The van der Waals surface area contributed by atoms with Gasteiger partial charge in [0.15, 0.2) is 0 Å². The first-order valence-electron chi connectivity index (χ1n) is 6.15. The second kappa shape index (κ2) is 6.63. The number of benzene rings is 1. The zero-order valence-corrected chi connectivity index (χ0v) is 11.2. The molecule has 0 atom stereocenters. The first kappa shape index (κ1) is 14.0. The number of ether oxygens (including phenoxy) is 1. The maximum atomic E-state index is 11.4. The minimum atomic E-state index is -0.348. The van der Waals surface area contributed by atoms with Crippen LogP contribution < -0.4 is 11.1 Å². The smallest absolute Gasteiger partial charge is 0.337 e. The number of carbonyl (C=O) groups excluding carboxylic acids is 1. The van der Waals surface area contributed by atoms with Gasteiger partial charge >= 0.3 is 5.97 Å². The van der Waals surface area contributed by atoms with E-state index in [0.29, 0.717) is 24.5 Å². The van der Waals surface area contributed by atoms with E-state index in [9.17, 15) is 4.79 Å². The van der Waals surface area contributed by atoms with Crippen LogP contribution in [0.4, 0.5) is 5.82 Å². The van der Waals surface area contributed by atoms with Gasteiger partial charge in [-0.25, -0.2) is 14.8 Å². The third-order valence-corrected chi connectivity index (χ3v) is 2.75. The van der Waals surface area contributed by atoms with Crippen molar-refractivity contribution in [2.45, 2.75) is 13.1 Å². The summed E-state index contributed by atoms with van der Waals surface area (Å²) in [6.07, 6.45) is 1.47. The topological polar surface area (TPSA) is 90.1 Å². The first-order chi connectivity index (χ1) is 9.72. The molecule has 0 aliphatic carbocycles. The molecule has 0 spiro atoms. The van der Waals surface area contributed by atoms with Crippen LogP contribution in [0.5, 0.6) is 0 Å². The van der Waals surface area contributed by atoms with Crippen molar-refractivity contribution < 1.29 is 9.53 Å². The highest BCUT2D eigenvalue weighted by atomic mass is 16.5. The Labute approximate surface area is 117 Å². The van der Waals surface area contributed by atoms with E-state index in [1.807, 2.05) is 12.1 Å². The first-order valence-corrected chi connectivity index (χ1v) is 6.15. The Balaban J connectivity index is 2.05. The summed E-state index contributed by atoms with van der Waals surface area (Å²) in [5, 5.41) is 3.16. The van der Waals surface area contributed by atoms with Crippen LogP contribution in [-0.2, 0) is 17.8 Å². The molecule has 0 radical (unpaired) electrons. The fourth-order valence-electron chi connectivity index (χ4n) is 1.72. The molecule has 0 amide bonds. The van der Waals surface area contributed by atoms with Gasteiger partial charge in [-0.3, -0.25) is 0 Å². The molecule has 1 aromatic heterocycles. The largest absolute Gasteiger partial charge is 0.465 e. The number of nitrogens with zero attached hydrogens (tertiary/aromatic N) is 2. The summed E-state index contributed by atoms with van der Waals surface area (Å²) in [4.78, 5) is 19.6. The lowest BCUT2D eigenvalue weighted by Crippen LogP contribution is -2.06. The van der Waals surface area contributed by atoms with Gasteiger partial charge in [-0.15, -0.1) is 0 Å². The standard InChI is InChI=1S/C14H16N4O2/c1-20-14(19)11-4-2-3-10(5-11)8-16-13-6-12(7-15)17-9-18-13/h2-6,9H,7-8,15H2,1H3,(H,16,17,18). The second-order valence-electron chi connectivity index (χ2n) is 4.14. The van der Waals surface area contributed by atoms with Crippen LogP contribution in [-0.4, -0.2) is 23.0 Å². The Morgan fingerprint density at radius 2 is 2.20 bits per heavy atom. The minimum absolute atomic E-state index is 0.348. The van der Waals surface area contributed by atoms with Crippen molar-refractivity contribution in [1.29, 1.82) is 0 Å². The molecule has 0 aliphatic heterocycles. The van der Waals surface area contributed by atoms with Crippen molar-refractivity contribution in [3.63, 3.8) is 0 Å². The molecule has 1 heterocycles. The summed E-state index contributed by atoms with van der Waals surface area (Å²) >= 11 is 0. The number of anilines is 1. The molecule has 0 saturated carbocycles. The Bertz CT molecular complexity index is 601. The Hall–Kier alpha value is -2.47. The zero-order chi connectivity index (χ0) is 14.4. The van der Waals surface area contributed by atoms with E-state index < -0.39 is 0 Å². The molecule has 2 aromatic rings. The number of hydrogen-bond donors (Lipinski definition) is 2. The number of nitrogens with two attached hydrogens (primary N) is 1. The second-order valence-corrected chi connectivity index (χ2v) is 4.14. The number of rotatable bonds is 5. The normalized spacial score (nSPS) is 10.1. The molecular formula is C14H16N4O2. The predicted octanol–water partition coefficient (Wildman–Crippen LogP) is 1.33. The highest BCUT2D eigenvalue weighted by molar-refractivity contribution is 5.89. The van der Waals surface area contributed by atoms with Gasteiger partial charge in [-0.05, 0) is 17.7 Å². The molecule has 0 fully saturated rings. The van der Waals surface area contributed by atoms with Gasteiger partial charge in [-0.2, -0.15) is 0 Å². The van der Waals surface area contributed by atoms with Gasteiger partial charge in [0, 0.05) is 19.2 Å². The monoisotopic (exact) mass is 272 g/mol. The number of nitrogens with one attached hydrogen (secondary N) is 1. The van der Waals surface area contributed by atoms with Crippen LogP contribution in [0.25, 0.3) is 0 Å². The Kier molecular flexibility index (Phi) is 4.62. The van der Waals surface area contributed by atoms with Crippen LogP contribution in [0.2, 0.25) is 0 Å². The van der Waals surface area contributed by atoms with E-state index in [4.69, 9.17) is 10.5 Å². The SMILES string of the molecule is COC(=O)c1cccc(CNc2cc(CN)ncn2)c1.